The lowest BCUT2D eigenvalue weighted by molar-refractivity contribution is -0.0673. The Bertz CT molecular complexity index is 163. The molecule has 2 atom stereocenters. The molecule has 0 saturated carbocycles. The zero-order chi connectivity index (χ0) is 7.61. The van der Waals surface area contributed by atoms with Gasteiger partial charge in [-0.05, 0) is 6.92 Å². The third-order valence-electron chi connectivity index (χ3n) is 1.75. The summed E-state index contributed by atoms with van der Waals surface area (Å²) in [5, 5.41) is 17.9. The van der Waals surface area contributed by atoms with Gasteiger partial charge in [0.25, 0.3) is 0 Å². The predicted molar refractivity (Wildman–Crippen MR) is 35.2 cm³/mol. The van der Waals surface area contributed by atoms with Gasteiger partial charge in [-0.3, -0.25) is 0 Å². The van der Waals surface area contributed by atoms with Crippen molar-refractivity contribution >= 4 is 0 Å². The van der Waals surface area contributed by atoms with Gasteiger partial charge in [-0.15, -0.1) is 0 Å². The van der Waals surface area contributed by atoms with E-state index in [2.05, 4.69) is 0 Å². The second-order valence-corrected chi connectivity index (χ2v) is 2.78. The van der Waals surface area contributed by atoms with Crippen LogP contribution in [-0.2, 0) is 4.74 Å². The molecule has 1 aliphatic heterocycles. The van der Waals surface area contributed by atoms with E-state index in [0.29, 0.717) is 19.4 Å². The maximum Gasteiger partial charge on any atom is 0.155 e. The Morgan fingerprint density at radius 2 is 2.50 bits per heavy atom. The summed E-state index contributed by atoms with van der Waals surface area (Å²) < 4.78 is 5.16. The lowest BCUT2D eigenvalue weighted by Crippen LogP contribution is -2.38. The Labute approximate surface area is 60.2 Å². The molecule has 1 N–H and O–H groups in total. The van der Waals surface area contributed by atoms with Crippen molar-refractivity contribution in [3.63, 3.8) is 0 Å². The summed E-state index contributed by atoms with van der Waals surface area (Å²) in [6.07, 6.45) is 0.885. The number of ether oxygens (including phenoxy) is 1. The highest BCUT2D eigenvalue weighted by molar-refractivity contribution is 5.02. The highest BCUT2D eigenvalue weighted by Gasteiger charge is 2.32. The van der Waals surface area contributed by atoms with Crippen molar-refractivity contribution in [1.29, 1.82) is 5.26 Å². The Kier molecular flexibility index (Phi) is 1.93. The van der Waals surface area contributed by atoms with Gasteiger partial charge in [0, 0.05) is 12.8 Å². The number of hydrogen-bond acceptors (Lipinski definition) is 3. The Balaban J connectivity index is 2.56. The first kappa shape index (κ1) is 7.52. The molecule has 1 heterocycles. The quantitative estimate of drug-likeness (QED) is 0.498. The van der Waals surface area contributed by atoms with Crippen LogP contribution in [0.3, 0.4) is 0 Å². The summed E-state index contributed by atoms with van der Waals surface area (Å²) >= 11 is 0. The molecular weight excluding hydrogens is 130 g/mol. The predicted octanol–water partition coefficient (Wildman–Crippen LogP) is 0.440. The fraction of sp³-hybridized carbons (Fsp3) is 0.857. The topological polar surface area (TPSA) is 53.2 Å². The summed E-state index contributed by atoms with van der Waals surface area (Å²) in [6, 6.07) is 1.89. The van der Waals surface area contributed by atoms with E-state index in [1.165, 1.54) is 0 Å². The zero-order valence-corrected chi connectivity index (χ0v) is 6.00. The molecule has 0 aromatic rings. The van der Waals surface area contributed by atoms with Crippen LogP contribution >= 0.6 is 0 Å². The molecule has 3 heteroatoms. The van der Waals surface area contributed by atoms with Crippen LogP contribution in [0.25, 0.3) is 0 Å². The maximum absolute atomic E-state index is 9.41. The summed E-state index contributed by atoms with van der Waals surface area (Å²) in [6.45, 7) is 2.35. The molecule has 0 spiro atoms. The first-order chi connectivity index (χ1) is 4.66. The van der Waals surface area contributed by atoms with E-state index in [-0.39, 0.29) is 6.10 Å². The molecule has 1 aliphatic rings. The van der Waals surface area contributed by atoms with Gasteiger partial charge in [-0.2, -0.15) is 5.26 Å². The number of rotatable bonds is 0. The van der Waals surface area contributed by atoms with Gasteiger partial charge in [-0.1, -0.05) is 0 Å². The first-order valence-electron chi connectivity index (χ1n) is 3.41. The van der Waals surface area contributed by atoms with Crippen LogP contribution in [0.15, 0.2) is 0 Å². The molecule has 0 aliphatic carbocycles. The number of nitriles is 1. The van der Waals surface area contributed by atoms with Gasteiger partial charge >= 0.3 is 0 Å². The molecule has 10 heavy (non-hydrogen) atoms. The molecule has 0 amide bonds. The van der Waals surface area contributed by atoms with Gasteiger partial charge < -0.3 is 9.84 Å². The summed E-state index contributed by atoms with van der Waals surface area (Å²) in [4.78, 5) is 0. The van der Waals surface area contributed by atoms with Crippen LogP contribution in [0, 0.1) is 11.3 Å². The maximum atomic E-state index is 9.41. The molecule has 3 nitrogen and oxygen atoms in total. The summed E-state index contributed by atoms with van der Waals surface area (Å²) in [5.41, 5.74) is -1.13. The van der Waals surface area contributed by atoms with Gasteiger partial charge in [-0.25, -0.2) is 0 Å². The van der Waals surface area contributed by atoms with Crippen LogP contribution in [0.5, 0.6) is 0 Å². The highest BCUT2D eigenvalue weighted by atomic mass is 16.5. The van der Waals surface area contributed by atoms with Crippen molar-refractivity contribution in [2.45, 2.75) is 31.5 Å². The van der Waals surface area contributed by atoms with Crippen LogP contribution < -0.4 is 0 Å². The molecule has 0 aromatic carbocycles. The molecule has 1 fully saturated rings. The van der Waals surface area contributed by atoms with Crippen molar-refractivity contribution in [2.75, 3.05) is 6.61 Å². The number of aliphatic hydroxyl groups is 1. The molecule has 2 unspecified atom stereocenters. The van der Waals surface area contributed by atoms with E-state index in [4.69, 9.17) is 10.00 Å². The Morgan fingerprint density at radius 3 is 2.90 bits per heavy atom. The minimum absolute atomic E-state index is 0.0124. The molecular formula is C7H11NO2. The van der Waals surface area contributed by atoms with E-state index in [0.717, 1.165) is 0 Å². The normalized spacial score (nSPS) is 40.7. The summed E-state index contributed by atoms with van der Waals surface area (Å²) in [5.74, 6) is 0. The lowest BCUT2D eigenvalue weighted by Gasteiger charge is -2.29. The molecule has 1 saturated heterocycles. The lowest BCUT2D eigenvalue weighted by atomic mass is 9.93. The average molecular weight is 141 g/mol. The zero-order valence-electron chi connectivity index (χ0n) is 6.00. The van der Waals surface area contributed by atoms with E-state index in [1.807, 2.05) is 13.0 Å². The monoisotopic (exact) mass is 141 g/mol. The number of nitrogens with zero attached hydrogens (tertiary/aromatic N) is 1. The molecule has 0 radical (unpaired) electrons. The van der Waals surface area contributed by atoms with Gasteiger partial charge in [0.2, 0.25) is 0 Å². The van der Waals surface area contributed by atoms with Crippen molar-refractivity contribution < 1.29 is 9.84 Å². The molecule has 56 valence electrons. The third kappa shape index (κ3) is 1.47. The smallest absolute Gasteiger partial charge is 0.155 e. The van der Waals surface area contributed by atoms with Crippen molar-refractivity contribution in [3.05, 3.63) is 0 Å². The van der Waals surface area contributed by atoms with Crippen LogP contribution in [0.4, 0.5) is 0 Å². The minimum atomic E-state index is -1.13. The fourth-order valence-corrected chi connectivity index (χ4v) is 1.17. The summed E-state index contributed by atoms with van der Waals surface area (Å²) in [7, 11) is 0. The van der Waals surface area contributed by atoms with E-state index in [1.54, 1.807) is 0 Å². The average Bonchev–Trinajstić information content (AvgIpc) is 1.88. The number of hydrogen-bond donors (Lipinski definition) is 1. The van der Waals surface area contributed by atoms with Crippen LogP contribution in [-0.4, -0.2) is 23.4 Å². The SMILES string of the molecule is CC1CC(O)(C#N)CCO1. The second kappa shape index (κ2) is 2.57. The van der Waals surface area contributed by atoms with Crippen LogP contribution in [0.2, 0.25) is 0 Å². The van der Waals surface area contributed by atoms with E-state index < -0.39 is 5.60 Å². The Hall–Kier alpha value is -0.590. The first-order valence-corrected chi connectivity index (χ1v) is 3.41. The highest BCUT2D eigenvalue weighted by Crippen LogP contribution is 2.23. The van der Waals surface area contributed by atoms with E-state index in [9.17, 15) is 5.11 Å². The fourth-order valence-electron chi connectivity index (χ4n) is 1.17. The minimum Gasteiger partial charge on any atom is -0.378 e. The van der Waals surface area contributed by atoms with Gasteiger partial charge in [0.15, 0.2) is 5.60 Å². The van der Waals surface area contributed by atoms with E-state index >= 15 is 0 Å². The third-order valence-corrected chi connectivity index (χ3v) is 1.75. The van der Waals surface area contributed by atoms with Crippen molar-refractivity contribution in [1.82, 2.24) is 0 Å². The largest absolute Gasteiger partial charge is 0.378 e. The second-order valence-electron chi connectivity index (χ2n) is 2.78. The molecule has 1 rings (SSSR count). The van der Waals surface area contributed by atoms with Crippen molar-refractivity contribution in [3.8, 4) is 6.07 Å². The van der Waals surface area contributed by atoms with Crippen molar-refractivity contribution in [2.24, 2.45) is 0 Å². The Morgan fingerprint density at radius 1 is 1.80 bits per heavy atom. The van der Waals surface area contributed by atoms with Gasteiger partial charge in [0.05, 0.1) is 18.8 Å². The standard InChI is InChI=1S/C7H11NO2/c1-6-4-7(9,5-8)2-3-10-6/h6,9H,2-4H2,1H3. The molecule has 0 bridgehead atoms. The molecule has 0 aromatic heterocycles. The van der Waals surface area contributed by atoms with Gasteiger partial charge in [0.1, 0.15) is 0 Å². The van der Waals surface area contributed by atoms with Crippen LogP contribution in [0.1, 0.15) is 19.8 Å².